The molecule has 17 heavy (non-hydrogen) atoms. The highest BCUT2D eigenvalue weighted by Crippen LogP contribution is 2.26. The molecule has 0 bridgehead atoms. The maximum atomic E-state index is 12.0. The Bertz CT molecular complexity index is 416. The first-order valence-corrected chi connectivity index (χ1v) is 6.70. The highest BCUT2D eigenvalue weighted by molar-refractivity contribution is 7.07. The lowest BCUT2D eigenvalue weighted by Crippen LogP contribution is -2.58. The van der Waals surface area contributed by atoms with Gasteiger partial charge < -0.3 is 10.2 Å². The minimum atomic E-state index is -0.342. The molecule has 0 spiro atoms. The van der Waals surface area contributed by atoms with E-state index in [4.69, 9.17) is 0 Å². The van der Waals surface area contributed by atoms with Gasteiger partial charge in [-0.05, 0) is 35.7 Å². The standard InChI is InChI=1S/C12H16N2O2S/c1-3-10-12(16)13-6-11(15)14(10)8(2)9-4-5-17-7-9/h4-5,7-8,10H,3,6H2,1-2H3,(H,13,16). The van der Waals surface area contributed by atoms with Crippen molar-refractivity contribution in [1.29, 1.82) is 0 Å². The predicted molar refractivity (Wildman–Crippen MR) is 66.7 cm³/mol. The first-order valence-electron chi connectivity index (χ1n) is 5.76. The van der Waals surface area contributed by atoms with Crippen LogP contribution >= 0.6 is 11.3 Å². The van der Waals surface area contributed by atoms with E-state index in [1.54, 1.807) is 16.2 Å². The van der Waals surface area contributed by atoms with Crippen LogP contribution in [0, 0.1) is 0 Å². The summed E-state index contributed by atoms with van der Waals surface area (Å²) in [6.45, 7) is 4.02. The Labute approximate surface area is 105 Å². The molecule has 2 amide bonds. The summed E-state index contributed by atoms with van der Waals surface area (Å²) in [5, 5.41) is 6.65. The summed E-state index contributed by atoms with van der Waals surface area (Å²) in [5.74, 6) is -0.0515. The van der Waals surface area contributed by atoms with Crippen LogP contribution in [0.5, 0.6) is 0 Å². The van der Waals surface area contributed by atoms with Crippen molar-refractivity contribution in [2.75, 3.05) is 6.54 Å². The lowest BCUT2D eigenvalue weighted by molar-refractivity contribution is -0.148. The molecule has 5 heteroatoms. The first-order chi connectivity index (χ1) is 8.15. The fourth-order valence-corrected chi connectivity index (χ4v) is 2.96. The van der Waals surface area contributed by atoms with Crippen LogP contribution in [0.15, 0.2) is 16.8 Å². The van der Waals surface area contributed by atoms with Gasteiger partial charge in [-0.25, -0.2) is 0 Å². The number of amides is 2. The fraction of sp³-hybridized carbons (Fsp3) is 0.500. The van der Waals surface area contributed by atoms with Gasteiger partial charge in [0.05, 0.1) is 12.6 Å². The van der Waals surface area contributed by atoms with E-state index in [-0.39, 0.29) is 30.4 Å². The summed E-state index contributed by atoms with van der Waals surface area (Å²) >= 11 is 1.60. The van der Waals surface area contributed by atoms with E-state index < -0.39 is 0 Å². The van der Waals surface area contributed by atoms with Crippen molar-refractivity contribution >= 4 is 23.2 Å². The largest absolute Gasteiger partial charge is 0.345 e. The smallest absolute Gasteiger partial charge is 0.243 e. The molecule has 1 fully saturated rings. The van der Waals surface area contributed by atoms with Crippen molar-refractivity contribution in [3.05, 3.63) is 22.4 Å². The van der Waals surface area contributed by atoms with Crippen molar-refractivity contribution < 1.29 is 9.59 Å². The Morgan fingerprint density at radius 3 is 2.94 bits per heavy atom. The quantitative estimate of drug-likeness (QED) is 0.887. The molecule has 0 radical (unpaired) electrons. The molecular weight excluding hydrogens is 236 g/mol. The molecule has 2 rings (SSSR count). The summed E-state index contributed by atoms with van der Waals surface area (Å²) in [7, 11) is 0. The molecule has 1 saturated heterocycles. The van der Waals surface area contributed by atoms with E-state index in [1.165, 1.54) is 0 Å². The Morgan fingerprint density at radius 2 is 2.35 bits per heavy atom. The van der Waals surface area contributed by atoms with Crippen molar-refractivity contribution in [1.82, 2.24) is 10.2 Å². The van der Waals surface area contributed by atoms with E-state index in [9.17, 15) is 9.59 Å². The molecule has 1 N–H and O–H groups in total. The normalized spacial score (nSPS) is 22.5. The van der Waals surface area contributed by atoms with E-state index in [0.717, 1.165) is 5.56 Å². The van der Waals surface area contributed by atoms with Gasteiger partial charge >= 0.3 is 0 Å². The zero-order valence-electron chi connectivity index (χ0n) is 9.97. The first kappa shape index (κ1) is 12.1. The maximum Gasteiger partial charge on any atom is 0.243 e. The number of carbonyl (C=O) groups excluding carboxylic acids is 2. The van der Waals surface area contributed by atoms with Crippen molar-refractivity contribution in [2.24, 2.45) is 0 Å². The van der Waals surface area contributed by atoms with Crippen LogP contribution in [0.25, 0.3) is 0 Å². The molecule has 4 nitrogen and oxygen atoms in total. The van der Waals surface area contributed by atoms with Gasteiger partial charge in [-0.3, -0.25) is 9.59 Å². The number of hydrogen-bond acceptors (Lipinski definition) is 3. The molecule has 0 aliphatic carbocycles. The van der Waals surface area contributed by atoms with Crippen LogP contribution in [-0.2, 0) is 9.59 Å². The van der Waals surface area contributed by atoms with Gasteiger partial charge in [-0.2, -0.15) is 11.3 Å². The van der Waals surface area contributed by atoms with Gasteiger partial charge in [-0.15, -0.1) is 0 Å². The number of nitrogens with one attached hydrogen (secondary N) is 1. The molecule has 1 aliphatic rings. The van der Waals surface area contributed by atoms with E-state index in [0.29, 0.717) is 6.42 Å². The predicted octanol–water partition coefficient (Wildman–Crippen LogP) is 1.55. The molecule has 1 aromatic heterocycles. The van der Waals surface area contributed by atoms with Gasteiger partial charge in [0, 0.05) is 0 Å². The third-order valence-corrected chi connectivity index (χ3v) is 3.87. The summed E-state index contributed by atoms with van der Waals surface area (Å²) in [6, 6.07) is 1.62. The summed E-state index contributed by atoms with van der Waals surface area (Å²) in [4.78, 5) is 25.4. The third kappa shape index (κ3) is 2.20. The summed E-state index contributed by atoms with van der Waals surface area (Å²) in [6.07, 6.45) is 0.645. The highest BCUT2D eigenvalue weighted by Gasteiger charge is 2.36. The van der Waals surface area contributed by atoms with Gasteiger partial charge in [0.1, 0.15) is 6.04 Å². The van der Waals surface area contributed by atoms with Crippen LogP contribution in [0.3, 0.4) is 0 Å². The van der Waals surface area contributed by atoms with E-state index in [2.05, 4.69) is 5.32 Å². The second-order valence-electron chi connectivity index (χ2n) is 4.18. The second-order valence-corrected chi connectivity index (χ2v) is 4.96. The van der Waals surface area contributed by atoms with Crippen molar-refractivity contribution in [3.8, 4) is 0 Å². The molecule has 92 valence electrons. The van der Waals surface area contributed by atoms with Gasteiger partial charge in [0.25, 0.3) is 0 Å². The Balaban J connectivity index is 2.26. The molecular formula is C12H16N2O2S. The molecule has 0 aromatic carbocycles. The van der Waals surface area contributed by atoms with Gasteiger partial charge in [0.15, 0.2) is 0 Å². The van der Waals surface area contributed by atoms with Gasteiger partial charge in [-0.1, -0.05) is 6.92 Å². The number of piperazine rings is 1. The number of hydrogen-bond donors (Lipinski definition) is 1. The lowest BCUT2D eigenvalue weighted by Gasteiger charge is -2.38. The Morgan fingerprint density at radius 1 is 1.59 bits per heavy atom. The van der Waals surface area contributed by atoms with E-state index >= 15 is 0 Å². The summed E-state index contributed by atoms with van der Waals surface area (Å²) < 4.78 is 0. The van der Waals surface area contributed by atoms with Crippen LogP contribution in [-0.4, -0.2) is 29.3 Å². The fourth-order valence-electron chi connectivity index (χ4n) is 2.21. The molecule has 1 aliphatic heterocycles. The SMILES string of the molecule is CCC1C(=O)NCC(=O)N1C(C)c1ccsc1. The lowest BCUT2D eigenvalue weighted by atomic mass is 10.0. The number of nitrogens with zero attached hydrogens (tertiary/aromatic N) is 1. The van der Waals surface area contributed by atoms with Crippen LogP contribution in [0.2, 0.25) is 0 Å². The molecule has 1 aromatic rings. The number of rotatable bonds is 3. The van der Waals surface area contributed by atoms with Gasteiger partial charge in [0.2, 0.25) is 11.8 Å². The topological polar surface area (TPSA) is 49.4 Å². The maximum absolute atomic E-state index is 12.0. The second kappa shape index (κ2) is 4.87. The van der Waals surface area contributed by atoms with Crippen LogP contribution < -0.4 is 5.32 Å². The zero-order chi connectivity index (χ0) is 12.4. The van der Waals surface area contributed by atoms with Crippen molar-refractivity contribution in [2.45, 2.75) is 32.4 Å². The van der Waals surface area contributed by atoms with Crippen molar-refractivity contribution in [3.63, 3.8) is 0 Å². The molecule has 0 saturated carbocycles. The monoisotopic (exact) mass is 252 g/mol. The average molecular weight is 252 g/mol. The minimum absolute atomic E-state index is 0.00449. The molecule has 2 unspecified atom stereocenters. The van der Waals surface area contributed by atoms with Crippen LogP contribution in [0.1, 0.15) is 31.9 Å². The number of carbonyl (C=O) groups is 2. The number of thiophene rings is 1. The molecule has 2 heterocycles. The Hall–Kier alpha value is -1.36. The minimum Gasteiger partial charge on any atom is -0.345 e. The highest BCUT2D eigenvalue weighted by atomic mass is 32.1. The third-order valence-electron chi connectivity index (χ3n) is 3.17. The average Bonchev–Trinajstić information content (AvgIpc) is 2.84. The zero-order valence-corrected chi connectivity index (χ0v) is 10.8. The van der Waals surface area contributed by atoms with Crippen LogP contribution in [0.4, 0.5) is 0 Å². The Kier molecular flexibility index (Phi) is 3.47. The molecule has 2 atom stereocenters. The summed E-state index contributed by atoms with van der Waals surface area (Å²) in [5.41, 5.74) is 1.09. The van der Waals surface area contributed by atoms with E-state index in [1.807, 2.05) is 30.7 Å².